The number of nitrogens with two attached hydrogens (primary N) is 1. The molecule has 0 spiro atoms. The summed E-state index contributed by atoms with van der Waals surface area (Å²) in [5.41, 5.74) is 6.01. The van der Waals surface area contributed by atoms with E-state index >= 15 is 0 Å². The Morgan fingerprint density at radius 2 is 2.05 bits per heavy atom. The smallest absolute Gasteiger partial charge is 0.306 e. The van der Waals surface area contributed by atoms with Crippen LogP contribution in [0.2, 0.25) is 0 Å². The average Bonchev–Trinajstić information content (AvgIpc) is 2.58. The van der Waals surface area contributed by atoms with Crippen molar-refractivity contribution in [2.75, 3.05) is 13.7 Å². The number of nitrogens with one attached hydrogen (secondary N) is 1. The van der Waals surface area contributed by atoms with Crippen molar-refractivity contribution in [2.24, 2.45) is 11.7 Å². The van der Waals surface area contributed by atoms with Crippen molar-refractivity contribution in [1.29, 1.82) is 0 Å². The van der Waals surface area contributed by atoms with E-state index in [1.54, 1.807) is 0 Å². The molecule has 3 unspecified atom stereocenters. The molecule has 1 rings (SSSR count). The summed E-state index contributed by atoms with van der Waals surface area (Å²) in [6, 6.07) is -0.0945. The highest BCUT2D eigenvalue weighted by atomic mass is 16.5. The minimum atomic E-state index is -0.938. The normalized spacial score (nSPS) is 25.4. The predicted molar refractivity (Wildman–Crippen MR) is 70.6 cm³/mol. The topological polar surface area (TPSA) is 102 Å². The Bertz CT molecular complexity index is 309. The summed E-state index contributed by atoms with van der Waals surface area (Å²) in [6.45, 7) is 0.213. The van der Waals surface area contributed by atoms with E-state index in [-0.39, 0.29) is 30.8 Å². The van der Waals surface area contributed by atoms with Crippen molar-refractivity contribution in [1.82, 2.24) is 5.32 Å². The molecule has 0 aromatic heterocycles. The van der Waals surface area contributed by atoms with E-state index in [0.717, 1.165) is 32.1 Å². The first-order valence-corrected chi connectivity index (χ1v) is 6.82. The number of carbonyl (C=O) groups excluding carboxylic acids is 1. The van der Waals surface area contributed by atoms with Crippen LogP contribution in [-0.4, -0.2) is 42.8 Å². The number of methoxy groups -OCH3 is 1. The molecule has 110 valence electrons. The van der Waals surface area contributed by atoms with Gasteiger partial charge in [-0.25, -0.2) is 0 Å². The van der Waals surface area contributed by atoms with Crippen molar-refractivity contribution in [3.63, 3.8) is 0 Å². The van der Waals surface area contributed by atoms with Gasteiger partial charge in [-0.15, -0.1) is 0 Å². The van der Waals surface area contributed by atoms with Crippen LogP contribution in [0, 0.1) is 5.92 Å². The Balaban J connectivity index is 2.42. The van der Waals surface area contributed by atoms with E-state index in [4.69, 9.17) is 15.6 Å². The van der Waals surface area contributed by atoms with Crippen molar-refractivity contribution in [3.05, 3.63) is 0 Å². The van der Waals surface area contributed by atoms with Gasteiger partial charge in [0.2, 0.25) is 5.91 Å². The van der Waals surface area contributed by atoms with Crippen molar-refractivity contribution in [3.8, 4) is 0 Å². The van der Waals surface area contributed by atoms with Gasteiger partial charge in [-0.1, -0.05) is 19.3 Å². The summed E-state index contributed by atoms with van der Waals surface area (Å²) in [4.78, 5) is 22.7. The number of amides is 1. The molecule has 1 aliphatic rings. The number of hydrogen-bond acceptors (Lipinski definition) is 4. The van der Waals surface area contributed by atoms with E-state index < -0.39 is 12.1 Å². The van der Waals surface area contributed by atoms with Crippen LogP contribution in [0.25, 0.3) is 0 Å². The molecule has 1 fully saturated rings. The highest BCUT2D eigenvalue weighted by molar-refractivity contribution is 5.79. The number of carboxylic acids is 1. The lowest BCUT2D eigenvalue weighted by Gasteiger charge is -2.22. The zero-order chi connectivity index (χ0) is 14.3. The molecule has 0 bridgehead atoms. The van der Waals surface area contributed by atoms with Crippen LogP contribution >= 0.6 is 0 Å². The van der Waals surface area contributed by atoms with Crippen LogP contribution in [0.3, 0.4) is 0 Å². The summed E-state index contributed by atoms with van der Waals surface area (Å²) in [5, 5.41) is 11.5. The number of ether oxygens (including phenoxy) is 1. The molecule has 1 aliphatic carbocycles. The quantitative estimate of drug-likeness (QED) is 0.611. The Morgan fingerprint density at radius 1 is 1.37 bits per heavy atom. The minimum absolute atomic E-state index is 0.0816. The van der Waals surface area contributed by atoms with Crippen LogP contribution < -0.4 is 11.1 Å². The molecule has 1 saturated carbocycles. The maximum absolute atomic E-state index is 12.1. The largest absolute Gasteiger partial charge is 0.481 e. The average molecular weight is 272 g/mol. The lowest BCUT2D eigenvalue weighted by molar-refractivity contribution is -0.140. The Morgan fingerprint density at radius 3 is 2.68 bits per heavy atom. The SMILES string of the molecule is COC(CNC(=O)C1CCCCCC1N)CC(=O)O. The lowest BCUT2D eigenvalue weighted by atomic mass is 9.94. The highest BCUT2D eigenvalue weighted by Gasteiger charge is 2.27. The van der Waals surface area contributed by atoms with Gasteiger partial charge in [0.25, 0.3) is 0 Å². The third-order valence-corrected chi connectivity index (χ3v) is 3.65. The van der Waals surface area contributed by atoms with Gasteiger partial charge in [0.1, 0.15) is 0 Å². The van der Waals surface area contributed by atoms with Gasteiger partial charge in [0.15, 0.2) is 0 Å². The first-order chi connectivity index (χ1) is 9.04. The number of aliphatic carboxylic acids is 1. The van der Waals surface area contributed by atoms with Gasteiger partial charge in [0, 0.05) is 19.7 Å². The predicted octanol–water partition coefficient (Wildman–Crippen LogP) is 0.500. The molecule has 0 aliphatic heterocycles. The lowest BCUT2D eigenvalue weighted by Crippen LogP contribution is -2.44. The van der Waals surface area contributed by atoms with Crippen LogP contribution in [-0.2, 0) is 14.3 Å². The molecule has 4 N–H and O–H groups in total. The van der Waals surface area contributed by atoms with Gasteiger partial charge >= 0.3 is 5.97 Å². The molecular weight excluding hydrogens is 248 g/mol. The van der Waals surface area contributed by atoms with Crippen LogP contribution in [0.5, 0.6) is 0 Å². The Kier molecular flexibility index (Phi) is 6.80. The fourth-order valence-electron chi connectivity index (χ4n) is 2.44. The van der Waals surface area contributed by atoms with E-state index in [1.165, 1.54) is 7.11 Å². The second-order valence-corrected chi connectivity index (χ2v) is 5.11. The highest BCUT2D eigenvalue weighted by Crippen LogP contribution is 2.22. The van der Waals surface area contributed by atoms with Crippen molar-refractivity contribution in [2.45, 2.75) is 50.7 Å². The first-order valence-electron chi connectivity index (χ1n) is 6.82. The van der Waals surface area contributed by atoms with Gasteiger partial charge in [-0.05, 0) is 12.8 Å². The number of carboxylic acid groups (broad SMARTS) is 1. The van der Waals surface area contributed by atoms with Gasteiger partial charge in [0.05, 0.1) is 18.4 Å². The standard InChI is InChI=1S/C13H24N2O4/c1-19-9(7-12(16)17)8-15-13(18)10-5-3-2-4-6-11(10)14/h9-11H,2-8,14H2,1H3,(H,15,18)(H,16,17). The molecule has 0 aromatic carbocycles. The third-order valence-electron chi connectivity index (χ3n) is 3.65. The van der Waals surface area contributed by atoms with E-state index in [2.05, 4.69) is 5.32 Å². The first kappa shape index (κ1) is 15.9. The van der Waals surface area contributed by atoms with Gasteiger partial charge in [-0.2, -0.15) is 0 Å². The molecule has 1 amide bonds. The van der Waals surface area contributed by atoms with Crippen LogP contribution in [0.15, 0.2) is 0 Å². The third kappa shape index (κ3) is 5.57. The summed E-state index contributed by atoms with van der Waals surface area (Å²) < 4.78 is 5.02. The molecule has 0 heterocycles. The fraction of sp³-hybridized carbons (Fsp3) is 0.846. The molecule has 6 nitrogen and oxygen atoms in total. The van der Waals surface area contributed by atoms with E-state index in [1.807, 2.05) is 0 Å². The zero-order valence-corrected chi connectivity index (χ0v) is 11.4. The summed E-state index contributed by atoms with van der Waals surface area (Å²) in [7, 11) is 1.44. The second-order valence-electron chi connectivity index (χ2n) is 5.11. The molecule has 3 atom stereocenters. The molecule has 6 heteroatoms. The second kappa shape index (κ2) is 8.12. The van der Waals surface area contributed by atoms with Gasteiger partial charge in [-0.3, -0.25) is 9.59 Å². The number of carbonyl (C=O) groups is 2. The van der Waals surface area contributed by atoms with Crippen molar-refractivity contribution >= 4 is 11.9 Å². The Labute approximate surface area is 113 Å². The summed E-state index contributed by atoms with van der Waals surface area (Å²) in [5.74, 6) is -1.18. The molecular formula is C13H24N2O4. The summed E-state index contributed by atoms with van der Waals surface area (Å²) >= 11 is 0. The van der Waals surface area contributed by atoms with Crippen LogP contribution in [0.4, 0.5) is 0 Å². The van der Waals surface area contributed by atoms with Gasteiger partial charge < -0.3 is 20.9 Å². The number of hydrogen-bond donors (Lipinski definition) is 3. The number of rotatable bonds is 6. The zero-order valence-electron chi connectivity index (χ0n) is 11.4. The summed E-state index contributed by atoms with van der Waals surface area (Å²) in [6.07, 6.45) is 4.29. The maximum atomic E-state index is 12.1. The molecule has 0 radical (unpaired) electrons. The minimum Gasteiger partial charge on any atom is -0.481 e. The molecule has 19 heavy (non-hydrogen) atoms. The van der Waals surface area contributed by atoms with Crippen LogP contribution in [0.1, 0.15) is 38.5 Å². The van der Waals surface area contributed by atoms with E-state index in [0.29, 0.717) is 0 Å². The molecule has 0 aromatic rings. The fourth-order valence-corrected chi connectivity index (χ4v) is 2.44. The Hall–Kier alpha value is -1.14. The monoisotopic (exact) mass is 272 g/mol. The van der Waals surface area contributed by atoms with Crippen molar-refractivity contribution < 1.29 is 19.4 Å². The molecule has 0 saturated heterocycles. The maximum Gasteiger partial charge on any atom is 0.306 e. The van der Waals surface area contributed by atoms with E-state index in [9.17, 15) is 9.59 Å².